The third-order valence-electron chi connectivity index (χ3n) is 0.911. The number of nitrogens with zero attached hydrogens (tertiary/aromatic N) is 1. The summed E-state index contributed by atoms with van der Waals surface area (Å²) in [7, 11) is 3.75. The Labute approximate surface area is 64.7 Å². The molecule has 0 aromatic rings. The van der Waals surface area contributed by atoms with Crippen molar-refractivity contribution >= 4 is 22.9 Å². The van der Waals surface area contributed by atoms with E-state index in [2.05, 4.69) is 32.9 Å². The minimum absolute atomic E-state index is 0.344. The fourth-order valence-corrected chi connectivity index (χ4v) is 0.984. The highest BCUT2D eigenvalue weighted by atomic mass is 127. The molecule has 0 heterocycles. The molecule has 50 valence electrons. The predicted octanol–water partition coefficient (Wildman–Crippen LogP) is 1.30. The second-order valence-electron chi connectivity index (χ2n) is 1.83. The molecule has 0 spiro atoms. The van der Waals surface area contributed by atoms with Gasteiger partial charge in [0.05, 0.1) is 6.10 Å². The van der Waals surface area contributed by atoms with Crippen LogP contribution >= 0.6 is 22.9 Å². The number of rotatable bonds is 3. The molecule has 0 saturated carbocycles. The van der Waals surface area contributed by atoms with E-state index in [4.69, 9.17) is 4.74 Å². The van der Waals surface area contributed by atoms with Gasteiger partial charge in [0.2, 0.25) is 0 Å². The van der Waals surface area contributed by atoms with Crippen LogP contribution in [0.5, 0.6) is 0 Å². The smallest absolute Gasteiger partial charge is 0.0678 e. The van der Waals surface area contributed by atoms with E-state index in [0.717, 1.165) is 6.54 Å². The van der Waals surface area contributed by atoms with Crippen LogP contribution in [0.2, 0.25) is 0 Å². The van der Waals surface area contributed by atoms with Gasteiger partial charge >= 0.3 is 0 Å². The lowest BCUT2D eigenvalue weighted by atomic mass is 10.4. The van der Waals surface area contributed by atoms with Gasteiger partial charge in [-0.15, -0.1) is 0 Å². The molecule has 0 aromatic carbocycles. The third kappa shape index (κ3) is 4.80. The molecule has 0 unspecified atom stereocenters. The average molecular weight is 229 g/mol. The molecule has 0 aliphatic carbocycles. The van der Waals surface area contributed by atoms with Gasteiger partial charge < -0.3 is 4.74 Å². The van der Waals surface area contributed by atoms with Gasteiger partial charge in [0.15, 0.2) is 0 Å². The van der Waals surface area contributed by atoms with Gasteiger partial charge in [0.25, 0.3) is 0 Å². The van der Waals surface area contributed by atoms with Crippen LogP contribution in [0.4, 0.5) is 0 Å². The zero-order chi connectivity index (χ0) is 6.57. The minimum Gasteiger partial charge on any atom is -0.380 e. The second kappa shape index (κ2) is 4.52. The molecule has 0 radical (unpaired) electrons. The first kappa shape index (κ1) is 8.65. The summed E-state index contributed by atoms with van der Waals surface area (Å²) in [4.78, 5) is 0. The molecule has 0 saturated heterocycles. The van der Waals surface area contributed by atoms with Crippen LogP contribution < -0.4 is 0 Å². The normalized spacial score (nSPS) is 14.6. The molecule has 8 heavy (non-hydrogen) atoms. The minimum atomic E-state index is 0.344. The van der Waals surface area contributed by atoms with E-state index in [1.807, 2.05) is 7.05 Å². The van der Waals surface area contributed by atoms with Crippen molar-refractivity contribution in [2.75, 3.05) is 20.7 Å². The first-order chi connectivity index (χ1) is 3.66. The van der Waals surface area contributed by atoms with Crippen LogP contribution in [0.15, 0.2) is 0 Å². The first-order valence-corrected chi connectivity index (χ1v) is 3.53. The molecule has 0 bridgehead atoms. The summed E-state index contributed by atoms with van der Waals surface area (Å²) in [5.74, 6) is 0. The summed E-state index contributed by atoms with van der Waals surface area (Å²) in [6, 6.07) is 0. The molecule has 0 aliphatic heterocycles. The first-order valence-electron chi connectivity index (χ1n) is 2.56. The Balaban J connectivity index is 3.10. The molecule has 3 heteroatoms. The number of likely N-dealkylation sites (N-methyl/N-ethyl adjacent to an activating group) is 1. The van der Waals surface area contributed by atoms with Crippen molar-refractivity contribution in [3.63, 3.8) is 0 Å². The summed E-state index contributed by atoms with van der Waals surface area (Å²) in [6.07, 6.45) is 0.344. The van der Waals surface area contributed by atoms with Crippen LogP contribution in [0, 0.1) is 0 Å². The summed E-state index contributed by atoms with van der Waals surface area (Å²) >= 11 is 2.23. The van der Waals surface area contributed by atoms with Crippen molar-refractivity contribution in [3.05, 3.63) is 0 Å². The second-order valence-corrected chi connectivity index (χ2v) is 3.48. The average Bonchev–Trinajstić information content (AvgIpc) is 1.65. The van der Waals surface area contributed by atoms with E-state index in [-0.39, 0.29) is 0 Å². The molecular weight excluding hydrogens is 217 g/mol. The molecular formula is C5H12INO. The monoisotopic (exact) mass is 229 g/mol. The Bertz CT molecular complexity index is 58.4. The summed E-state index contributed by atoms with van der Waals surface area (Å²) in [5, 5.41) is 0. The molecule has 2 nitrogen and oxygen atoms in total. The maximum absolute atomic E-state index is 5.01. The summed E-state index contributed by atoms with van der Waals surface area (Å²) in [5.41, 5.74) is 0. The molecule has 0 N–H and O–H groups in total. The van der Waals surface area contributed by atoms with Crippen molar-refractivity contribution in [3.8, 4) is 0 Å². The van der Waals surface area contributed by atoms with Crippen LogP contribution in [0.25, 0.3) is 0 Å². The molecule has 0 aromatic heterocycles. The zero-order valence-corrected chi connectivity index (χ0v) is 7.68. The largest absolute Gasteiger partial charge is 0.380 e. The summed E-state index contributed by atoms with van der Waals surface area (Å²) < 4.78 is 7.09. The Hall–Kier alpha value is 0.650. The van der Waals surface area contributed by atoms with Crippen LogP contribution in [0.3, 0.4) is 0 Å². The van der Waals surface area contributed by atoms with Crippen molar-refractivity contribution in [2.24, 2.45) is 0 Å². The topological polar surface area (TPSA) is 12.5 Å². The number of hydrogen-bond acceptors (Lipinski definition) is 2. The van der Waals surface area contributed by atoms with Crippen molar-refractivity contribution in [1.82, 2.24) is 3.11 Å². The number of methoxy groups -OCH3 is 1. The lowest BCUT2D eigenvalue weighted by Gasteiger charge is -2.12. The number of halogens is 1. The predicted molar refractivity (Wildman–Crippen MR) is 43.1 cm³/mol. The van der Waals surface area contributed by atoms with Gasteiger partial charge in [0.1, 0.15) is 0 Å². The fraction of sp³-hybridized carbons (Fsp3) is 1.00. The number of hydrogen-bond donors (Lipinski definition) is 0. The maximum Gasteiger partial charge on any atom is 0.0678 e. The fourth-order valence-electron chi connectivity index (χ4n) is 0.429. The zero-order valence-electron chi connectivity index (χ0n) is 5.52. The Kier molecular flexibility index (Phi) is 4.89. The lowest BCUT2D eigenvalue weighted by Crippen LogP contribution is -2.20. The van der Waals surface area contributed by atoms with E-state index in [1.54, 1.807) is 7.11 Å². The van der Waals surface area contributed by atoms with Crippen LogP contribution in [0.1, 0.15) is 6.92 Å². The van der Waals surface area contributed by atoms with Gasteiger partial charge in [-0.3, -0.25) is 0 Å². The molecule has 0 aliphatic rings. The maximum atomic E-state index is 5.01. The Morgan fingerprint density at radius 1 is 1.75 bits per heavy atom. The van der Waals surface area contributed by atoms with Crippen LogP contribution in [-0.2, 0) is 4.74 Å². The SMILES string of the molecule is CO[C@@H](C)CN(C)I. The van der Waals surface area contributed by atoms with Gasteiger partial charge in [-0.25, -0.2) is 3.11 Å². The highest BCUT2D eigenvalue weighted by Gasteiger charge is 1.99. The number of ether oxygens (including phenoxy) is 1. The molecule has 0 amide bonds. The van der Waals surface area contributed by atoms with Crippen molar-refractivity contribution in [1.29, 1.82) is 0 Å². The van der Waals surface area contributed by atoms with Gasteiger partial charge in [0, 0.05) is 36.5 Å². The molecule has 0 rings (SSSR count). The molecule has 0 fully saturated rings. The van der Waals surface area contributed by atoms with Crippen molar-refractivity contribution < 1.29 is 4.74 Å². The Morgan fingerprint density at radius 3 is 2.38 bits per heavy atom. The van der Waals surface area contributed by atoms with E-state index < -0.39 is 0 Å². The van der Waals surface area contributed by atoms with Crippen LogP contribution in [-0.4, -0.2) is 29.9 Å². The van der Waals surface area contributed by atoms with E-state index in [1.165, 1.54) is 0 Å². The van der Waals surface area contributed by atoms with Gasteiger partial charge in [-0.2, -0.15) is 0 Å². The Morgan fingerprint density at radius 2 is 2.25 bits per heavy atom. The molecule has 1 atom stereocenters. The van der Waals surface area contributed by atoms with Gasteiger partial charge in [-0.1, -0.05) is 0 Å². The van der Waals surface area contributed by atoms with E-state index in [9.17, 15) is 0 Å². The van der Waals surface area contributed by atoms with Crippen molar-refractivity contribution in [2.45, 2.75) is 13.0 Å². The third-order valence-corrected chi connectivity index (χ3v) is 1.30. The summed E-state index contributed by atoms with van der Waals surface area (Å²) in [6.45, 7) is 3.03. The highest BCUT2D eigenvalue weighted by Crippen LogP contribution is 1.96. The van der Waals surface area contributed by atoms with Gasteiger partial charge in [-0.05, 0) is 14.0 Å². The lowest BCUT2D eigenvalue weighted by molar-refractivity contribution is 0.109. The quantitative estimate of drug-likeness (QED) is 0.534. The highest BCUT2D eigenvalue weighted by molar-refractivity contribution is 14.1. The van der Waals surface area contributed by atoms with E-state index >= 15 is 0 Å². The standard InChI is InChI=1S/C5H12INO/c1-5(8-3)4-7(2)6/h5H,4H2,1-3H3/t5-/m0/s1. The van der Waals surface area contributed by atoms with E-state index in [0.29, 0.717) is 6.10 Å².